The van der Waals surface area contributed by atoms with Crippen molar-refractivity contribution in [1.29, 1.82) is 0 Å². The van der Waals surface area contributed by atoms with Gasteiger partial charge in [-0.2, -0.15) is 4.31 Å². The molecular formula is C18H18ClN3O4S3. The number of nitrogens with zero attached hydrogens (tertiary/aromatic N) is 2. The second-order valence-electron chi connectivity index (χ2n) is 6.11. The van der Waals surface area contributed by atoms with Crippen molar-refractivity contribution in [3.8, 4) is 17.0 Å². The Hall–Kier alpha value is -1.98. The van der Waals surface area contributed by atoms with Crippen molar-refractivity contribution < 1.29 is 17.9 Å². The van der Waals surface area contributed by atoms with Gasteiger partial charge in [-0.15, -0.1) is 22.7 Å². The van der Waals surface area contributed by atoms with Gasteiger partial charge in [0.25, 0.3) is 10.0 Å². The molecule has 1 aromatic carbocycles. The number of halogens is 1. The summed E-state index contributed by atoms with van der Waals surface area (Å²) in [6.45, 7) is 1.62. The number of likely N-dealkylation sites (N-methyl/N-ethyl adjacent to an activating group) is 1. The number of carbonyl (C=O) groups is 1. The zero-order chi connectivity index (χ0) is 21.2. The highest BCUT2D eigenvalue weighted by atomic mass is 35.5. The minimum absolute atomic E-state index is 0.0841. The maximum Gasteiger partial charge on any atom is 0.252 e. The summed E-state index contributed by atoms with van der Waals surface area (Å²) in [5.74, 6) is 0.190. The monoisotopic (exact) mass is 471 g/mol. The first-order valence-electron chi connectivity index (χ1n) is 8.33. The van der Waals surface area contributed by atoms with Crippen molar-refractivity contribution in [2.24, 2.45) is 0 Å². The van der Waals surface area contributed by atoms with E-state index in [2.05, 4.69) is 10.3 Å². The van der Waals surface area contributed by atoms with Crippen LogP contribution in [0.3, 0.4) is 0 Å². The second-order valence-corrected chi connectivity index (χ2v) is 11.0. The molecule has 0 aliphatic heterocycles. The lowest BCUT2D eigenvalue weighted by Gasteiger charge is -2.15. The van der Waals surface area contributed by atoms with Crippen LogP contribution >= 0.6 is 34.3 Å². The van der Waals surface area contributed by atoms with Crippen molar-refractivity contribution >= 4 is 55.3 Å². The van der Waals surface area contributed by atoms with E-state index in [-0.39, 0.29) is 10.8 Å². The first-order chi connectivity index (χ1) is 13.7. The Bertz CT molecular complexity index is 1140. The van der Waals surface area contributed by atoms with Gasteiger partial charge in [-0.1, -0.05) is 23.2 Å². The van der Waals surface area contributed by atoms with Crippen molar-refractivity contribution in [2.75, 3.05) is 26.0 Å². The molecule has 154 valence electrons. The third kappa shape index (κ3) is 4.96. The predicted octanol–water partition coefficient (Wildman–Crippen LogP) is 4.10. The average molecular weight is 472 g/mol. The van der Waals surface area contributed by atoms with Crippen molar-refractivity contribution in [3.05, 3.63) is 45.6 Å². The molecule has 3 aromatic rings. The standard InChI is InChI=1S/C18H18ClN3O4S3/c1-11-4-5-14(26-3)12(8-11)13-10-27-18(20-13)21-16(23)9-22(2)29(24,25)17-7-6-15(19)28-17/h4-8,10H,9H2,1-3H3,(H,20,21,23). The van der Waals surface area contributed by atoms with Gasteiger partial charge in [0.15, 0.2) is 5.13 Å². The number of thiophene rings is 1. The van der Waals surface area contributed by atoms with Gasteiger partial charge in [0.05, 0.1) is 23.7 Å². The van der Waals surface area contributed by atoms with Crippen LogP contribution in [0.5, 0.6) is 5.75 Å². The molecule has 2 heterocycles. The lowest BCUT2D eigenvalue weighted by atomic mass is 10.1. The Kier molecular flexibility index (Phi) is 6.59. The van der Waals surface area contributed by atoms with E-state index in [1.165, 1.54) is 30.5 Å². The van der Waals surface area contributed by atoms with Gasteiger partial charge in [0, 0.05) is 18.0 Å². The number of ether oxygens (including phenoxy) is 1. The number of methoxy groups -OCH3 is 1. The molecule has 0 bridgehead atoms. The average Bonchev–Trinajstić information content (AvgIpc) is 3.31. The number of hydrogen-bond donors (Lipinski definition) is 1. The van der Waals surface area contributed by atoms with E-state index in [4.69, 9.17) is 16.3 Å². The SMILES string of the molecule is COc1ccc(C)cc1-c1csc(NC(=O)CN(C)S(=O)(=O)c2ccc(Cl)s2)n1. The Balaban J connectivity index is 1.70. The minimum Gasteiger partial charge on any atom is -0.496 e. The maximum atomic E-state index is 12.5. The number of amides is 1. The van der Waals surface area contributed by atoms with E-state index in [1.807, 2.05) is 25.1 Å². The molecule has 0 atom stereocenters. The molecule has 1 N–H and O–H groups in total. The van der Waals surface area contributed by atoms with E-state index < -0.39 is 15.9 Å². The van der Waals surface area contributed by atoms with Crippen LogP contribution in [0, 0.1) is 6.92 Å². The number of benzene rings is 1. The Labute approximate surface area is 182 Å². The number of carbonyl (C=O) groups excluding carboxylic acids is 1. The largest absolute Gasteiger partial charge is 0.496 e. The molecule has 0 radical (unpaired) electrons. The number of anilines is 1. The highest BCUT2D eigenvalue weighted by Gasteiger charge is 2.25. The summed E-state index contributed by atoms with van der Waals surface area (Å²) < 4.78 is 31.8. The number of aromatic nitrogens is 1. The molecule has 29 heavy (non-hydrogen) atoms. The van der Waals surface area contributed by atoms with Crippen LogP contribution in [0.15, 0.2) is 39.9 Å². The van der Waals surface area contributed by atoms with Crippen molar-refractivity contribution in [3.63, 3.8) is 0 Å². The molecule has 0 saturated carbocycles. The number of sulfonamides is 1. The summed E-state index contributed by atoms with van der Waals surface area (Å²) in [7, 11) is -0.860. The number of aryl methyl sites for hydroxylation is 1. The predicted molar refractivity (Wildman–Crippen MR) is 117 cm³/mol. The molecule has 7 nitrogen and oxygen atoms in total. The number of thiazole rings is 1. The third-order valence-corrected chi connectivity index (χ3v) is 8.22. The molecule has 0 aliphatic rings. The van der Waals surface area contributed by atoms with Gasteiger partial charge in [0.2, 0.25) is 5.91 Å². The summed E-state index contributed by atoms with van der Waals surface area (Å²) in [4.78, 5) is 16.8. The normalized spacial score (nSPS) is 11.6. The minimum atomic E-state index is -3.78. The topological polar surface area (TPSA) is 88.6 Å². The summed E-state index contributed by atoms with van der Waals surface area (Å²) >= 11 is 8.00. The van der Waals surface area contributed by atoms with Gasteiger partial charge in [-0.3, -0.25) is 4.79 Å². The first kappa shape index (κ1) is 21.7. The third-order valence-electron chi connectivity index (χ3n) is 3.96. The van der Waals surface area contributed by atoms with E-state index in [0.29, 0.717) is 20.9 Å². The molecule has 3 rings (SSSR count). The van der Waals surface area contributed by atoms with Crippen LogP contribution < -0.4 is 10.1 Å². The van der Waals surface area contributed by atoms with E-state index in [1.54, 1.807) is 12.5 Å². The zero-order valence-electron chi connectivity index (χ0n) is 15.8. The molecule has 0 unspecified atom stereocenters. The van der Waals surface area contributed by atoms with Gasteiger partial charge in [0.1, 0.15) is 9.96 Å². The fraction of sp³-hybridized carbons (Fsp3) is 0.222. The van der Waals surface area contributed by atoms with E-state index in [0.717, 1.165) is 26.8 Å². The lowest BCUT2D eigenvalue weighted by molar-refractivity contribution is -0.116. The fourth-order valence-corrected chi connectivity index (χ4v) is 6.06. The van der Waals surface area contributed by atoms with Crippen LogP contribution in [0.2, 0.25) is 4.34 Å². The molecule has 0 saturated heterocycles. The quantitative estimate of drug-likeness (QED) is 0.560. The van der Waals surface area contributed by atoms with Gasteiger partial charge >= 0.3 is 0 Å². The molecular weight excluding hydrogens is 454 g/mol. The van der Waals surface area contributed by atoms with Crippen LogP contribution in [0.25, 0.3) is 11.3 Å². The smallest absolute Gasteiger partial charge is 0.252 e. The van der Waals surface area contributed by atoms with Crippen LogP contribution in [0.1, 0.15) is 5.56 Å². The van der Waals surface area contributed by atoms with Gasteiger partial charge in [-0.25, -0.2) is 13.4 Å². The molecule has 11 heteroatoms. The van der Waals surface area contributed by atoms with E-state index >= 15 is 0 Å². The van der Waals surface area contributed by atoms with Gasteiger partial charge < -0.3 is 10.1 Å². The molecule has 0 fully saturated rings. The summed E-state index contributed by atoms with van der Waals surface area (Å²) in [6.07, 6.45) is 0. The van der Waals surface area contributed by atoms with Gasteiger partial charge in [-0.05, 0) is 31.2 Å². The highest BCUT2D eigenvalue weighted by Crippen LogP contribution is 2.33. The van der Waals surface area contributed by atoms with Crippen LogP contribution in [-0.4, -0.2) is 44.3 Å². The first-order valence-corrected chi connectivity index (χ1v) is 11.8. The van der Waals surface area contributed by atoms with E-state index in [9.17, 15) is 13.2 Å². The summed E-state index contributed by atoms with van der Waals surface area (Å²) in [5, 5.41) is 4.82. The number of rotatable bonds is 7. The van der Waals surface area contributed by atoms with Crippen LogP contribution in [-0.2, 0) is 14.8 Å². The summed E-state index contributed by atoms with van der Waals surface area (Å²) in [6, 6.07) is 8.67. The van der Waals surface area contributed by atoms with Crippen LogP contribution in [0.4, 0.5) is 5.13 Å². The lowest BCUT2D eigenvalue weighted by Crippen LogP contribution is -2.34. The summed E-state index contributed by atoms with van der Waals surface area (Å²) in [5.41, 5.74) is 2.54. The maximum absolute atomic E-state index is 12.5. The molecule has 0 spiro atoms. The number of hydrogen-bond acceptors (Lipinski definition) is 7. The van der Waals surface area contributed by atoms with Crippen molar-refractivity contribution in [1.82, 2.24) is 9.29 Å². The fourth-order valence-electron chi connectivity index (χ4n) is 2.51. The zero-order valence-corrected chi connectivity index (χ0v) is 19.0. The number of nitrogens with one attached hydrogen (secondary N) is 1. The second kappa shape index (κ2) is 8.80. The van der Waals surface area contributed by atoms with Crippen molar-refractivity contribution in [2.45, 2.75) is 11.1 Å². The molecule has 2 aromatic heterocycles. The highest BCUT2D eigenvalue weighted by molar-refractivity contribution is 7.91. The molecule has 1 amide bonds. The Morgan fingerprint density at radius 3 is 2.72 bits per heavy atom. The Morgan fingerprint density at radius 1 is 1.31 bits per heavy atom. The Morgan fingerprint density at radius 2 is 2.07 bits per heavy atom. The molecule has 0 aliphatic carbocycles.